The quantitative estimate of drug-likeness (QED) is 0.290. The van der Waals surface area contributed by atoms with Crippen LogP contribution in [-0.2, 0) is 6.54 Å². The number of hydrogen-bond acceptors (Lipinski definition) is 1. The van der Waals surface area contributed by atoms with Crippen LogP contribution >= 0.6 is 0 Å². The van der Waals surface area contributed by atoms with E-state index in [0.29, 0.717) is 21.9 Å². The van der Waals surface area contributed by atoms with E-state index in [0.717, 1.165) is 30.3 Å². The van der Waals surface area contributed by atoms with Gasteiger partial charge < -0.3 is 4.57 Å². The monoisotopic (exact) mass is 359 g/mol. The molecule has 4 aromatic rings. The number of ketones is 1. The summed E-state index contributed by atoms with van der Waals surface area (Å²) in [7, 11) is 0. The molecule has 0 fully saturated rings. The van der Waals surface area contributed by atoms with Crippen LogP contribution in [0.3, 0.4) is 0 Å². The topological polar surface area (TPSA) is 22.0 Å². The molecule has 0 saturated carbocycles. The smallest absolute Gasteiger partial charge is 0.195 e. The highest BCUT2D eigenvalue weighted by molar-refractivity contribution is 6.21. The molecule has 0 saturated heterocycles. The van der Waals surface area contributed by atoms with Gasteiger partial charge in [0, 0.05) is 40.2 Å². The van der Waals surface area contributed by atoms with E-state index in [1.54, 1.807) is 18.2 Å². The molecule has 0 radical (unpaired) electrons. The number of halogens is 1. The summed E-state index contributed by atoms with van der Waals surface area (Å²) in [4.78, 5) is 13.4. The number of carbonyl (C=O) groups is 1. The van der Waals surface area contributed by atoms with E-state index in [1.165, 1.54) is 12.5 Å². The van der Waals surface area contributed by atoms with Crippen LogP contribution in [0.2, 0.25) is 0 Å². The maximum Gasteiger partial charge on any atom is 0.195 e. The van der Waals surface area contributed by atoms with E-state index < -0.39 is 0 Å². The summed E-state index contributed by atoms with van der Waals surface area (Å²) in [5.74, 6) is -0.360. The third-order valence-corrected chi connectivity index (χ3v) is 5.15. The summed E-state index contributed by atoms with van der Waals surface area (Å²) in [6.07, 6.45) is 5.37. The molecular weight excluding hydrogens is 337 g/mol. The highest BCUT2D eigenvalue weighted by Gasteiger charge is 2.19. The zero-order valence-corrected chi connectivity index (χ0v) is 15.4. The average molecular weight is 359 g/mol. The van der Waals surface area contributed by atoms with Crippen LogP contribution < -0.4 is 0 Å². The Morgan fingerprint density at radius 2 is 1.56 bits per heavy atom. The van der Waals surface area contributed by atoms with Crippen molar-refractivity contribution in [3.8, 4) is 0 Å². The highest BCUT2D eigenvalue weighted by Crippen LogP contribution is 2.28. The van der Waals surface area contributed by atoms with Crippen LogP contribution in [0.25, 0.3) is 21.7 Å². The van der Waals surface area contributed by atoms with Gasteiger partial charge in [0.15, 0.2) is 5.78 Å². The normalized spacial score (nSPS) is 11.3. The molecule has 0 aliphatic rings. The maximum absolute atomic E-state index is 14.1. The van der Waals surface area contributed by atoms with Crippen molar-refractivity contribution in [2.24, 2.45) is 0 Å². The van der Waals surface area contributed by atoms with Crippen molar-refractivity contribution in [1.82, 2.24) is 4.57 Å². The molecule has 0 atom stereocenters. The molecule has 0 aliphatic heterocycles. The number of aromatic nitrogens is 1. The molecule has 0 N–H and O–H groups in total. The van der Waals surface area contributed by atoms with Gasteiger partial charge in [0.05, 0.1) is 0 Å². The molecule has 1 heterocycles. The largest absolute Gasteiger partial charge is 0.347 e. The minimum Gasteiger partial charge on any atom is -0.347 e. The zero-order valence-electron chi connectivity index (χ0n) is 15.4. The van der Waals surface area contributed by atoms with E-state index in [2.05, 4.69) is 17.6 Å². The lowest BCUT2D eigenvalue weighted by Crippen LogP contribution is -2.03. The molecule has 0 bridgehead atoms. The number of hydrogen-bond donors (Lipinski definition) is 0. The van der Waals surface area contributed by atoms with Gasteiger partial charge in [-0.3, -0.25) is 4.79 Å². The maximum atomic E-state index is 14.1. The van der Waals surface area contributed by atoms with Crippen LogP contribution in [0, 0.1) is 5.82 Å². The summed E-state index contributed by atoms with van der Waals surface area (Å²) in [6.45, 7) is 3.08. The minimum absolute atomic E-state index is 0.0587. The van der Waals surface area contributed by atoms with Crippen molar-refractivity contribution in [3.63, 3.8) is 0 Å². The number of carbonyl (C=O) groups excluding carboxylic acids is 1. The van der Waals surface area contributed by atoms with Crippen LogP contribution in [0.5, 0.6) is 0 Å². The number of aryl methyl sites for hydroxylation is 1. The van der Waals surface area contributed by atoms with Crippen molar-refractivity contribution >= 4 is 27.5 Å². The Morgan fingerprint density at radius 3 is 2.33 bits per heavy atom. The second-order valence-corrected chi connectivity index (χ2v) is 6.93. The Kier molecular flexibility index (Phi) is 4.76. The number of benzene rings is 3. The summed E-state index contributed by atoms with van der Waals surface area (Å²) < 4.78 is 16.3. The summed E-state index contributed by atoms with van der Waals surface area (Å²) >= 11 is 0. The number of nitrogens with zero attached hydrogens (tertiary/aromatic N) is 1. The number of unbranched alkanes of at least 4 members (excludes halogenated alkanes) is 2. The minimum atomic E-state index is -0.302. The van der Waals surface area contributed by atoms with Gasteiger partial charge in [-0.2, -0.15) is 0 Å². The summed E-state index contributed by atoms with van der Waals surface area (Å²) in [5, 5.41) is 2.09. The fourth-order valence-corrected chi connectivity index (χ4v) is 3.75. The fourth-order valence-electron chi connectivity index (χ4n) is 3.75. The molecular formula is C24H22FNO. The van der Waals surface area contributed by atoms with Crippen LogP contribution in [-0.4, -0.2) is 10.4 Å². The number of rotatable bonds is 6. The molecule has 0 aliphatic carbocycles. The van der Waals surface area contributed by atoms with Gasteiger partial charge >= 0.3 is 0 Å². The van der Waals surface area contributed by atoms with E-state index in [9.17, 15) is 9.18 Å². The molecule has 0 unspecified atom stereocenters. The zero-order chi connectivity index (χ0) is 18.8. The first-order valence-corrected chi connectivity index (χ1v) is 9.50. The van der Waals surface area contributed by atoms with Crippen molar-refractivity contribution in [3.05, 3.63) is 83.8 Å². The first kappa shape index (κ1) is 17.5. The Bertz CT molecular complexity index is 1130. The Hall–Kier alpha value is -2.94. The summed E-state index contributed by atoms with van der Waals surface area (Å²) in [5.41, 5.74) is 2.30. The molecule has 2 nitrogen and oxygen atoms in total. The van der Waals surface area contributed by atoms with E-state index in [-0.39, 0.29) is 11.6 Å². The van der Waals surface area contributed by atoms with Crippen LogP contribution in [0.1, 0.15) is 42.1 Å². The van der Waals surface area contributed by atoms with Crippen LogP contribution in [0.4, 0.5) is 4.39 Å². The van der Waals surface area contributed by atoms with Gasteiger partial charge in [0.1, 0.15) is 5.82 Å². The fraction of sp³-hybridized carbons (Fsp3) is 0.208. The van der Waals surface area contributed by atoms with E-state index in [1.807, 2.05) is 36.5 Å². The lowest BCUT2D eigenvalue weighted by Gasteiger charge is -2.06. The Morgan fingerprint density at radius 1 is 0.852 bits per heavy atom. The van der Waals surface area contributed by atoms with Gasteiger partial charge in [-0.1, -0.05) is 62.2 Å². The number of fused-ring (bicyclic) bond motifs is 2. The van der Waals surface area contributed by atoms with Crippen molar-refractivity contribution in [2.45, 2.75) is 32.7 Å². The van der Waals surface area contributed by atoms with E-state index in [4.69, 9.17) is 0 Å². The average Bonchev–Trinajstić information content (AvgIpc) is 3.07. The van der Waals surface area contributed by atoms with Gasteiger partial charge in [-0.05, 0) is 30.0 Å². The summed E-state index contributed by atoms with van der Waals surface area (Å²) in [6, 6.07) is 18.1. The second-order valence-electron chi connectivity index (χ2n) is 6.93. The van der Waals surface area contributed by atoms with Crippen LogP contribution in [0.15, 0.2) is 66.9 Å². The molecule has 0 amide bonds. The van der Waals surface area contributed by atoms with Crippen molar-refractivity contribution in [2.75, 3.05) is 0 Å². The lowest BCUT2D eigenvalue weighted by molar-refractivity contribution is 0.104. The molecule has 1 aromatic heterocycles. The standard InChI is InChI=1S/C24H22FNO/c1-2-3-8-15-26-16-21(19-11-6-7-12-23(19)26)24(27)20-13-14-22(25)18-10-5-4-9-17(18)20/h4-7,9-14,16H,2-3,8,15H2,1H3. The Balaban J connectivity index is 1.83. The van der Waals surface area contributed by atoms with Gasteiger partial charge in [0.25, 0.3) is 0 Å². The van der Waals surface area contributed by atoms with E-state index >= 15 is 0 Å². The third kappa shape index (κ3) is 3.14. The highest BCUT2D eigenvalue weighted by atomic mass is 19.1. The predicted octanol–water partition coefficient (Wildman–Crippen LogP) is 6.35. The molecule has 4 rings (SSSR count). The molecule has 0 spiro atoms. The predicted molar refractivity (Wildman–Crippen MR) is 109 cm³/mol. The molecule has 3 aromatic carbocycles. The molecule has 3 heteroatoms. The SMILES string of the molecule is CCCCCn1cc(C(=O)c2ccc(F)c3ccccc23)c2ccccc21. The van der Waals surface area contributed by atoms with Crippen molar-refractivity contribution in [1.29, 1.82) is 0 Å². The van der Waals surface area contributed by atoms with Gasteiger partial charge in [-0.25, -0.2) is 4.39 Å². The number of para-hydroxylation sites is 1. The Labute approximate surface area is 158 Å². The second kappa shape index (κ2) is 7.36. The first-order chi connectivity index (χ1) is 13.2. The van der Waals surface area contributed by atoms with Gasteiger partial charge in [0.2, 0.25) is 0 Å². The third-order valence-electron chi connectivity index (χ3n) is 5.15. The molecule has 136 valence electrons. The first-order valence-electron chi connectivity index (χ1n) is 9.50. The van der Waals surface area contributed by atoms with Gasteiger partial charge in [-0.15, -0.1) is 0 Å². The van der Waals surface area contributed by atoms with Crippen molar-refractivity contribution < 1.29 is 9.18 Å². The molecule has 27 heavy (non-hydrogen) atoms. The lowest BCUT2D eigenvalue weighted by atomic mass is 9.97.